The number of fused-ring (bicyclic) bond motifs is 14. The van der Waals surface area contributed by atoms with Crippen LogP contribution in [0.25, 0.3) is 259 Å². The van der Waals surface area contributed by atoms with Crippen molar-refractivity contribution in [2.24, 2.45) is 0 Å². The summed E-state index contributed by atoms with van der Waals surface area (Å²) in [5, 5.41) is 52.7. The van der Waals surface area contributed by atoms with Crippen LogP contribution in [0.2, 0.25) is 0 Å². The number of hydrogen-bond donors (Lipinski definition) is 0. The first-order valence-electron chi connectivity index (χ1n) is 47.3. The van der Waals surface area contributed by atoms with E-state index in [2.05, 4.69) is 170 Å². The smallest absolute Gasteiger partial charge is 0.171 e. The van der Waals surface area contributed by atoms with Crippen molar-refractivity contribution >= 4 is 342 Å². The molecule has 16 heteroatoms. The fourth-order valence-corrected chi connectivity index (χ4v) is 25.1. The Morgan fingerprint density at radius 2 is 0.229 bits per heavy atom. The minimum absolute atomic E-state index is 0.0371. The van der Waals surface area contributed by atoms with E-state index in [9.17, 15) is 47.9 Å². The molecule has 5 aliphatic rings. The Hall–Kier alpha value is -16.0. The van der Waals surface area contributed by atoms with Crippen LogP contribution in [0, 0.1) is 0 Å². The lowest BCUT2D eigenvalue weighted by Gasteiger charge is -2.23. The van der Waals surface area contributed by atoms with Gasteiger partial charge in [0.15, 0.2) is 83.2 Å². The molecule has 668 valence electrons. The molecule has 0 amide bonds. The van der Waals surface area contributed by atoms with Gasteiger partial charge in [0.25, 0.3) is 0 Å². The molecule has 0 saturated heterocycles. The molecule has 27 aromatic rings. The largest absolute Gasteiger partial charge is 0.294 e. The molecule has 140 heavy (non-hydrogen) atoms. The van der Waals surface area contributed by atoms with Gasteiger partial charge in [-0.05, 0) is 232 Å². The normalized spacial score (nSPS) is 14.0. The molecule has 0 radical (unpaired) electrons. The third kappa shape index (κ3) is 11.5. The lowest BCUT2D eigenvalue weighted by molar-refractivity contribution is 0.0874. The molecule has 13 nitrogen and oxygen atoms in total. The van der Waals surface area contributed by atoms with Gasteiger partial charge in [0.2, 0.25) is 0 Å². The molecule has 0 spiro atoms. The van der Waals surface area contributed by atoms with Gasteiger partial charge in [-0.1, -0.05) is 296 Å². The highest BCUT2D eigenvalue weighted by atomic mass is 31.1. The Balaban J connectivity index is 0.000000108. The molecule has 0 unspecified atom stereocenters. The van der Waals surface area contributed by atoms with Gasteiger partial charge < -0.3 is 0 Å². The number of carbonyl (C=O) groups is 10. The van der Waals surface area contributed by atoms with Gasteiger partial charge in [-0.2, -0.15) is 0 Å². The summed E-state index contributed by atoms with van der Waals surface area (Å²) in [6.45, 7) is 16.6. The fraction of sp³-hybridized carbons (Fsp3) is 0.113. The fourth-order valence-electron chi connectivity index (χ4n) is 25.1. The summed E-state index contributed by atoms with van der Waals surface area (Å²) in [7, 11) is 0.500. The number of benzene rings is 27. The van der Waals surface area contributed by atoms with Crippen LogP contribution in [0.4, 0.5) is 0 Å². The summed E-state index contributed by atoms with van der Waals surface area (Å²) in [5.74, 6) is -1.06. The minimum Gasteiger partial charge on any atom is -0.294 e. The van der Waals surface area contributed by atoms with Crippen molar-refractivity contribution in [3.8, 4) is 0 Å². The van der Waals surface area contributed by atoms with Crippen molar-refractivity contribution in [1.82, 2.24) is 0 Å². The summed E-state index contributed by atoms with van der Waals surface area (Å²) in [6.07, 6.45) is -0.340. The number of hydrogen-bond acceptors (Lipinski definition) is 13. The van der Waals surface area contributed by atoms with Crippen molar-refractivity contribution < 1.29 is 61.6 Å². The van der Waals surface area contributed by atoms with Gasteiger partial charge in [0, 0.05) is 103 Å². The van der Waals surface area contributed by atoms with E-state index >= 15 is 0 Å². The van der Waals surface area contributed by atoms with E-state index in [1.54, 1.807) is 20.0 Å². The molecule has 0 saturated carbocycles. The van der Waals surface area contributed by atoms with Crippen molar-refractivity contribution in [2.75, 3.05) is 20.0 Å². The quantitative estimate of drug-likeness (QED) is 0.0597. The Labute approximate surface area is 802 Å². The van der Waals surface area contributed by atoms with Gasteiger partial charge in [0.05, 0.1) is 32.1 Å². The highest BCUT2D eigenvalue weighted by molar-refractivity contribution is 7.22. The topological polar surface area (TPSA) is 222 Å². The molecule has 32 rings (SSSR count). The van der Waals surface area contributed by atoms with Crippen molar-refractivity contribution in [2.45, 2.75) is 73.6 Å². The van der Waals surface area contributed by atoms with E-state index in [-0.39, 0.29) is 115 Å². The van der Waals surface area contributed by atoms with Crippen LogP contribution >= 0.6 is 25.4 Å². The molecule has 0 aliphatic heterocycles. The van der Waals surface area contributed by atoms with E-state index in [0.29, 0.717) is 55.6 Å². The van der Waals surface area contributed by atoms with E-state index < -0.39 is 0 Å². The van der Waals surface area contributed by atoms with Gasteiger partial charge >= 0.3 is 0 Å². The Morgan fingerprint density at radius 1 is 0.136 bits per heavy atom. The second kappa shape index (κ2) is 32.3. The monoisotopic (exact) mass is 1870 g/mol. The Kier molecular flexibility index (Phi) is 20.0. The van der Waals surface area contributed by atoms with Gasteiger partial charge in [-0.3, -0.25) is 61.6 Å². The highest BCUT2D eigenvalue weighted by Gasteiger charge is 2.37. The van der Waals surface area contributed by atoms with Gasteiger partial charge in [-0.15, -0.1) is 0 Å². The van der Waals surface area contributed by atoms with Crippen LogP contribution in [-0.2, 0) is 13.7 Å². The number of Topliss-reactive ketones (excluding diaryl/α,β-unsaturated/α-hetero) is 10. The third-order valence-electron chi connectivity index (χ3n) is 30.0. The molecule has 0 heterocycles. The molecule has 27 aromatic carbocycles. The maximum atomic E-state index is 13.0. The predicted molar refractivity (Wildman–Crippen MR) is 579 cm³/mol. The molecule has 0 aromatic heterocycles. The first kappa shape index (κ1) is 86.8. The van der Waals surface area contributed by atoms with Crippen LogP contribution in [0.15, 0.2) is 255 Å². The number of rotatable bonds is 0. The van der Waals surface area contributed by atoms with E-state index in [1.807, 2.05) is 126 Å². The highest BCUT2D eigenvalue weighted by Crippen LogP contribution is 2.57. The first-order chi connectivity index (χ1) is 68.4. The zero-order valence-electron chi connectivity index (χ0n) is 77.4. The maximum absolute atomic E-state index is 13.0. The maximum Gasteiger partial charge on any atom is 0.171 e. The summed E-state index contributed by atoms with van der Waals surface area (Å²) in [6, 6.07) is 88.2. The Morgan fingerprint density at radius 3 is 0.343 bits per heavy atom. The van der Waals surface area contributed by atoms with Crippen molar-refractivity contribution in [1.29, 1.82) is 0 Å². The van der Waals surface area contributed by atoms with Crippen LogP contribution in [0.3, 0.4) is 0 Å². The average molecular weight is 1870 g/mol. The zero-order valence-corrected chi connectivity index (χ0v) is 80.1. The average Bonchev–Trinajstić information content (AvgIpc) is 0.692. The van der Waals surface area contributed by atoms with Crippen LogP contribution in [0.1, 0.15) is 177 Å². The molecule has 0 N–H and O–H groups in total. The summed E-state index contributed by atoms with van der Waals surface area (Å²) in [4.78, 5) is 129. The second-order valence-corrected chi connectivity index (χ2v) is 37.1. The minimum atomic E-state index is -0.120. The van der Waals surface area contributed by atoms with E-state index in [1.165, 1.54) is 97.0 Å². The molecular formula is C124H79O13P3. The molecule has 5 aliphatic carbocycles. The SMILES string of the molecule is CC.CC.CC.CP=O.CP=O.CP=O.O=C1CC(=O)c2ccc3c4ccc5c6ccc7c8c(ccc(c9ccc(c%10ccc1c2c%103)c4c95)c86)C(=O)CC7=O.O=C1CC(=O)c2ccc3c4ccc5c6ccc7c8ccc9c%10c(ccc(c%11ccc(c%12ccc(c%13ccc1c2c%133)c4c%125)c6c%117)c%108)C(=O)CC9=O.O=C1CC(=O)c2ccc3c4ccc5c6cccc7cccc(c8ccc(c9ccc1c2c93)c4c85)c76. The zero-order chi connectivity index (χ0) is 96.6. The van der Waals surface area contributed by atoms with Gasteiger partial charge in [0.1, 0.15) is 0 Å². The number of ketones is 10. The molecular weight excluding hydrogens is 1790 g/mol. The lowest BCUT2D eigenvalue weighted by atomic mass is 9.78. The standard InChI is InChI=1S/C46H20O4.C36H16O4.C33H16O2.3C2H6.3CH3OP/c47-35-17-36(48)32-14-10-28-24-7-3-21-22-4-8-26-30-12-16-34-38(50)18-37(49)33-15-11-29(44(30)46(33)34)25-6-2-20(40(22)42(25)26)19-1-5-23(41(24)39(19)21)27-9-13-31(35)45(32)43(27)28;37-27-13-28(38)24-11-7-21-17-3-4-18-22-8-12-26-30(40)14-29(39)25-10-6-20(34(22)36(25)26)16-2-1-15(31(17)32(16)18)19-5-9-23(27)35(24)33(19)21;34-27-15-28(35)26-14-12-24-22-10-8-20-18-6-2-4-16-3-1-5-17(29(16)18)19-7-9-21(31(22)30(19)20)23-11-13-25(27)33(26)32(23)24;3*1-2;3*1-3-2/h1-16H,17-18H2;1-12H,13-14H2;1-14H,15H2;3*1-2H3;3*1H3. The Bertz CT molecular complexity index is 9500. The van der Waals surface area contributed by atoms with Crippen molar-refractivity contribution in [3.05, 3.63) is 310 Å². The van der Waals surface area contributed by atoms with E-state index in [4.69, 9.17) is 13.7 Å². The number of carbonyl (C=O) groups excluding carboxylic acids is 10. The summed E-state index contributed by atoms with van der Waals surface area (Å²) < 4.78 is 26.7. The summed E-state index contributed by atoms with van der Waals surface area (Å²) in [5.41, 5.74) is 6.43. The van der Waals surface area contributed by atoms with Crippen LogP contribution in [-0.4, -0.2) is 77.8 Å². The predicted octanol–water partition coefficient (Wildman–Crippen LogP) is 33.4. The van der Waals surface area contributed by atoms with Gasteiger partial charge in [-0.25, -0.2) is 0 Å². The lowest BCUT2D eigenvalue weighted by Crippen LogP contribution is -2.16. The summed E-state index contributed by atoms with van der Waals surface area (Å²) >= 11 is 0. The second-order valence-electron chi connectivity index (χ2n) is 36.0. The van der Waals surface area contributed by atoms with Crippen LogP contribution < -0.4 is 0 Å². The molecule has 0 atom stereocenters. The first-order valence-corrected chi connectivity index (χ1v) is 51.1. The third-order valence-corrected chi connectivity index (χ3v) is 30.0. The van der Waals surface area contributed by atoms with Crippen LogP contribution in [0.5, 0.6) is 0 Å². The molecule has 0 bridgehead atoms. The van der Waals surface area contributed by atoms with E-state index in [0.717, 1.165) is 162 Å². The van der Waals surface area contributed by atoms with Crippen molar-refractivity contribution in [3.63, 3.8) is 0 Å². The molecule has 0 fully saturated rings.